The van der Waals surface area contributed by atoms with Crippen LogP contribution in [0, 0.1) is 0 Å². The summed E-state index contributed by atoms with van der Waals surface area (Å²) in [6.45, 7) is 5.73. The van der Waals surface area contributed by atoms with Crippen molar-refractivity contribution < 1.29 is 5.11 Å². The molecule has 0 saturated carbocycles. The van der Waals surface area contributed by atoms with Gasteiger partial charge in [0.15, 0.2) is 0 Å². The molecule has 1 N–H and O–H groups in total. The number of aromatic nitrogens is 1. The van der Waals surface area contributed by atoms with E-state index in [1.54, 1.807) is 6.92 Å². The first kappa shape index (κ1) is 13.6. The number of nitrogens with zero attached hydrogens (tertiary/aromatic N) is 2. The Morgan fingerprint density at radius 3 is 2.26 bits per heavy atom. The molecule has 0 aliphatic carbocycles. The van der Waals surface area contributed by atoms with E-state index in [2.05, 4.69) is 28.9 Å². The van der Waals surface area contributed by atoms with Gasteiger partial charge in [0.05, 0.1) is 6.10 Å². The van der Waals surface area contributed by atoms with Gasteiger partial charge in [-0.15, -0.1) is 0 Å². The molecule has 0 saturated heterocycles. The van der Waals surface area contributed by atoms with Gasteiger partial charge in [-0.1, -0.05) is 12.1 Å². The van der Waals surface area contributed by atoms with Gasteiger partial charge in [-0.25, -0.2) is 0 Å². The van der Waals surface area contributed by atoms with Crippen molar-refractivity contribution in [2.45, 2.75) is 26.5 Å². The molecule has 1 atom stereocenters. The summed E-state index contributed by atoms with van der Waals surface area (Å²) in [6.07, 6.45) is 3.23. The van der Waals surface area contributed by atoms with Crippen molar-refractivity contribution in [3.63, 3.8) is 0 Å². The van der Waals surface area contributed by atoms with Gasteiger partial charge in [0.1, 0.15) is 0 Å². The highest BCUT2D eigenvalue weighted by Gasteiger charge is 2.06. The second-order valence-electron chi connectivity index (χ2n) is 4.64. The molecule has 0 unspecified atom stereocenters. The Balaban J connectivity index is 2.13. The van der Waals surface area contributed by atoms with Gasteiger partial charge >= 0.3 is 0 Å². The minimum Gasteiger partial charge on any atom is -0.389 e. The summed E-state index contributed by atoms with van der Waals surface area (Å²) < 4.78 is 0. The zero-order valence-electron chi connectivity index (χ0n) is 11.5. The van der Waals surface area contributed by atoms with E-state index in [9.17, 15) is 5.11 Å². The number of aliphatic hydroxyl groups excluding tert-OH is 1. The number of anilines is 1. The average molecular weight is 256 g/mol. The SMILES string of the molecule is CCN(Cc1ccncc1)c1ccc([C@H](C)O)cc1. The van der Waals surface area contributed by atoms with E-state index < -0.39 is 6.10 Å². The summed E-state index contributed by atoms with van der Waals surface area (Å²) in [5.74, 6) is 0. The fourth-order valence-corrected chi connectivity index (χ4v) is 2.06. The van der Waals surface area contributed by atoms with E-state index in [-0.39, 0.29) is 0 Å². The van der Waals surface area contributed by atoms with Crippen LogP contribution < -0.4 is 4.90 Å². The molecule has 1 aromatic carbocycles. The first-order valence-electron chi connectivity index (χ1n) is 6.62. The molecule has 0 fully saturated rings. The molecule has 0 bridgehead atoms. The maximum Gasteiger partial charge on any atom is 0.0761 e. The van der Waals surface area contributed by atoms with Gasteiger partial charge in [0.25, 0.3) is 0 Å². The number of rotatable bonds is 5. The lowest BCUT2D eigenvalue weighted by Gasteiger charge is -2.23. The maximum atomic E-state index is 9.53. The molecule has 3 nitrogen and oxygen atoms in total. The third-order valence-corrected chi connectivity index (χ3v) is 3.25. The Bertz CT molecular complexity index is 494. The van der Waals surface area contributed by atoms with Gasteiger partial charge in [-0.2, -0.15) is 0 Å². The van der Waals surface area contributed by atoms with Gasteiger partial charge in [-0.3, -0.25) is 4.98 Å². The number of pyridine rings is 1. The molecule has 19 heavy (non-hydrogen) atoms. The van der Waals surface area contributed by atoms with E-state index >= 15 is 0 Å². The molecule has 0 radical (unpaired) electrons. The van der Waals surface area contributed by atoms with Crippen molar-refractivity contribution in [1.29, 1.82) is 0 Å². The van der Waals surface area contributed by atoms with Crippen molar-refractivity contribution in [3.05, 3.63) is 59.9 Å². The minimum absolute atomic E-state index is 0.413. The van der Waals surface area contributed by atoms with Crippen molar-refractivity contribution >= 4 is 5.69 Å². The van der Waals surface area contributed by atoms with Gasteiger partial charge in [-0.05, 0) is 49.2 Å². The van der Waals surface area contributed by atoms with Crippen molar-refractivity contribution in [2.24, 2.45) is 0 Å². The van der Waals surface area contributed by atoms with E-state index in [0.717, 1.165) is 18.7 Å². The Morgan fingerprint density at radius 2 is 1.74 bits per heavy atom. The molecular formula is C16H20N2O. The molecule has 1 heterocycles. The normalized spacial score (nSPS) is 12.2. The lowest BCUT2D eigenvalue weighted by molar-refractivity contribution is 0.199. The van der Waals surface area contributed by atoms with Crippen molar-refractivity contribution in [3.8, 4) is 0 Å². The quantitative estimate of drug-likeness (QED) is 0.892. The van der Waals surface area contributed by atoms with Gasteiger partial charge < -0.3 is 10.0 Å². The molecule has 2 rings (SSSR count). The van der Waals surface area contributed by atoms with Crippen molar-refractivity contribution in [2.75, 3.05) is 11.4 Å². The topological polar surface area (TPSA) is 36.4 Å². The summed E-state index contributed by atoms with van der Waals surface area (Å²) in [7, 11) is 0. The number of aliphatic hydroxyl groups is 1. The Hall–Kier alpha value is -1.87. The first-order chi connectivity index (χ1) is 9.20. The fraction of sp³-hybridized carbons (Fsp3) is 0.312. The molecule has 0 amide bonds. The van der Waals surface area contributed by atoms with Crippen LogP contribution >= 0.6 is 0 Å². The van der Waals surface area contributed by atoms with E-state index in [1.807, 2.05) is 36.7 Å². The smallest absolute Gasteiger partial charge is 0.0761 e. The third-order valence-electron chi connectivity index (χ3n) is 3.25. The van der Waals surface area contributed by atoms with E-state index in [0.29, 0.717) is 0 Å². The molecule has 2 aromatic rings. The highest BCUT2D eigenvalue weighted by atomic mass is 16.3. The number of hydrogen-bond donors (Lipinski definition) is 1. The number of hydrogen-bond acceptors (Lipinski definition) is 3. The predicted molar refractivity (Wildman–Crippen MR) is 78.0 cm³/mol. The molecular weight excluding hydrogens is 236 g/mol. The molecule has 100 valence electrons. The molecule has 0 aliphatic heterocycles. The van der Waals surface area contributed by atoms with Crippen LogP contribution in [0.1, 0.15) is 31.1 Å². The van der Waals surface area contributed by atoms with Gasteiger partial charge in [0, 0.05) is 31.2 Å². The summed E-state index contributed by atoms with van der Waals surface area (Å²) in [6, 6.07) is 12.2. The van der Waals surface area contributed by atoms with Crippen LogP contribution in [-0.2, 0) is 6.54 Å². The molecule has 3 heteroatoms. The van der Waals surface area contributed by atoms with E-state index in [4.69, 9.17) is 0 Å². The molecule has 1 aromatic heterocycles. The molecule has 0 aliphatic rings. The second kappa shape index (κ2) is 6.34. The summed E-state index contributed by atoms with van der Waals surface area (Å²) in [4.78, 5) is 6.33. The van der Waals surface area contributed by atoms with Crippen LogP contribution in [-0.4, -0.2) is 16.6 Å². The second-order valence-corrected chi connectivity index (χ2v) is 4.64. The Kier molecular flexibility index (Phi) is 4.53. The minimum atomic E-state index is -0.413. The lowest BCUT2D eigenvalue weighted by Crippen LogP contribution is -2.21. The van der Waals surface area contributed by atoms with Crippen molar-refractivity contribution in [1.82, 2.24) is 4.98 Å². The molecule has 0 spiro atoms. The zero-order valence-corrected chi connectivity index (χ0v) is 11.5. The van der Waals surface area contributed by atoms with Crippen LogP contribution in [0.25, 0.3) is 0 Å². The van der Waals surface area contributed by atoms with Crippen LogP contribution in [0.5, 0.6) is 0 Å². The highest BCUT2D eigenvalue weighted by molar-refractivity contribution is 5.48. The Labute approximate surface area is 114 Å². The lowest BCUT2D eigenvalue weighted by atomic mass is 10.1. The first-order valence-corrected chi connectivity index (χ1v) is 6.62. The van der Waals surface area contributed by atoms with Crippen LogP contribution in [0.3, 0.4) is 0 Å². The standard InChI is InChI=1S/C16H20N2O/c1-3-18(12-14-8-10-17-11-9-14)16-6-4-15(5-7-16)13(2)19/h4-11,13,19H,3,12H2,1-2H3/t13-/m0/s1. The largest absolute Gasteiger partial charge is 0.389 e. The maximum absolute atomic E-state index is 9.53. The van der Waals surface area contributed by atoms with E-state index in [1.165, 1.54) is 11.3 Å². The highest BCUT2D eigenvalue weighted by Crippen LogP contribution is 2.20. The average Bonchev–Trinajstić information content (AvgIpc) is 2.46. The van der Waals surface area contributed by atoms with Crippen LogP contribution in [0.15, 0.2) is 48.8 Å². The summed E-state index contributed by atoms with van der Waals surface area (Å²) >= 11 is 0. The predicted octanol–water partition coefficient (Wildman–Crippen LogP) is 3.16. The monoisotopic (exact) mass is 256 g/mol. The Morgan fingerprint density at radius 1 is 1.11 bits per heavy atom. The van der Waals surface area contributed by atoms with Gasteiger partial charge in [0.2, 0.25) is 0 Å². The summed E-state index contributed by atoms with van der Waals surface area (Å²) in [5.41, 5.74) is 3.36. The third kappa shape index (κ3) is 3.55. The fourth-order valence-electron chi connectivity index (χ4n) is 2.06. The number of benzene rings is 1. The zero-order chi connectivity index (χ0) is 13.7. The van der Waals surface area contributed by atoms with Crippen LogP contribution in [0.4, 0.5) is 5.69 Å². The summed E-state index contributed by atoms with van der Waals surface area (Å²) in [5, 5.41) is 9.53. The van der Waals surface area contributed by atoms with Crippen LogP contribution in [0.2, 0.25) is 0 Å².